The minimum Gasteiger partial charge on any atom is -0.356 e. The molecule has 4 rings (SSSR count). The van der Waals surface area contributed by atoms with Crippen molar-refractivity contribution < 1.29 is 0 Å². The maximum atomic E-state index is 4.82. The smallest absolute Gasteiger partial charge is 0.158 e. The van der Waals surface area contributed by atoms with Gasteiger partial charge in [0.15, 0.2) is 5.65 Å². The molecule has 0 N–H and O–H groups in total. The highest BCUT2D eigenvalue weighted by atomic mass is 15.4. The third-order valence-corrected chi connectivity index (χ3v) is 4.32. The van der Waals surface area contributed by atoms with Crippen molar-refractivity contribution in [3.8, 4) is 11.3 Å². The Kier molecular flexibility index (Phi) is 3.29. The van der Waals surface area contributed by atoms with Crippen LogP contribution in [0.4, 0.5) is 5.82 Å². The van der Waals surface area contributed by atoms with Crippen molar-refractivity contribution in [3.63, 3.8) is 0 Å². The first kappa shape index (κ1) is 13.3. The van der Waals surface area contributed by atoms with Crippen molar-refractivity contribution in [2.24, 2.45) is 0 Å². The van der Waals surface area contributed by atoms with Crippen LogP contribution in [0.15, 0.2) is 42.5 Å². The summed E-state index contributed by atoms with van der Waals surface area (Å²) in [5.74, 6) is 1.18. The van der Waals surface area contributed by atoms with Gasteiger partial charge < -0.3 is 4.90 Å². The molecule has 3 aromatic rings. The molecule has 0 radical (unpaired) electrons. The molecular weight excluding hydrogens is 272 g/mol. The summed E-state index contributed by atoms with van der Waals surface area (Å²) in [6, 6.07) is 14.6. The van der Waals surface area contributed by atoms with E-state index < -0.39 is 0 Å². The van der Waals surface area contributed by atoms with Gasteiger partial charge in [0.05, 0.1) is 5.69 Å². The Morgan fingerprint density at radius 1 is 1.05 bits per heavy atom. The first-order valence-electron chi connectivity index (χ1n) is 8.05. The van der Waals surface area contributed by atoms with Crippen LogP contribution in [0.1, 0.15) is 25.5 Å². The van der Waals surface area contributed by atoms with E-state index in [4.69, 9.17) is 10.1 Å². The van der Waals surface area contributed by atoms with Crippen LogP contribution in [0.25, 0.3) is 16.9 Å². The van der Waals surface area contributed by atoms with Crippen LogP contribution in [0.5, 0.6) is 0 Å². The predicted octanol–water partition coefficient (Wildman–Crippen LogP) is 3.56. The van der Waals surface area contributed by atoms with Crippen molar-refractivity contribution >= 4 is 11.5 Å². The zero-order valence-electron chi connectivity index (χ0n) is 12.9. The SMILES string of the molecule is CCc1cc(N2CCCC2)n2nc(-c3ccccc3)cc2n1. The fraction of sp³-hybridized carbons (Fsp3) is 0.333. The molecule has 0 saturated carbocycles. The van der Waals surface area contributed by atoms with Crippen LogP contribution in [-0.4, -0.2) is 27.7 Å². The topological polar surface area (TPSA) is 33.4 Å². The summed E-state index contributed by atoms with van der Waals surface area (Å²) in [6.07, 6.45) is 3.47. The van der Waals surface area contributed by atoms with Gasteiger partial charge in [0.1, 0.15) is 5.82 Å². The average Bonchev–Trinajstić information content (AvgIpc) is 3.24. The first-order valence-corrected chi connectivity index (χ1v) is 8.05. The lowest BCUT2D eigenvalue weighted by Gasteiger charge is -2.19. The Morgan fingerprint density at radius 2 is 1.82 bits per heavy atom. The lowest BCUT2D eigenvalue weighted by molar-refractivity contribution is 0.840. The highest BCUT2D eigenvalue weighted by Gasteiger charge is 2.18. The number of nitrogens with zero attached hydrogens (tertiary/aromatic N) is 4. The van der Waals surface area contributed by atoms with E-state index in [0.717, 1.165) is 42.1 Å². The molecule has 0 bridgehead atoms. The minimum atomic E-state index is 0.945. The molecule has 1 aliphatic rings. The summed E-state index contributed by atoms with van der Waals surface area (Å²) in [4.78, 5) is 7.17. The second-order valence-electron chi connectivity index (χ2n) is 5.82. The molecule has 4 nitrogen and oxygen atoms in total. The molecule has 112 valence electrons. The number of hydrogen-bond acceptors (Lipinski definition) is 3. The van der Waals surface area contributed by atoms with Gasteiger partial charge in [-0.15, -0.1) is 0 Å². The number of aromatic nitrogens is 3. The lowest BCUT2D eigenvalue weighted by atomic mass is 10.2. The molecule has 22 heavy (non-hydrogen) atoms. The molecule has 0 atom stereocenters. The van der Waals surface area contributed by atoms with Crippen molar-refractivity contribution in [3.05, 3.63) is 48.2 Å². The van der Waals surface area contributed by atoms with E-state index in [9.17, 15) is 0 Å². The number of rotatable bonds is 3. The molecule has 4 heteroatoms. The van der Waals surface area contributed by atoms with Gasteiger partial charge in [0, 0.05) is 36.5 Å². The first-order chi connectivity index (χ1) is 10.8. The third kappa shape index (κ3) is 2.25. The Hall–Kier alpha value is -2.36. The Balaban J connectivity index is 1.88. The van der Waals surface area contributed by atoms with Crippen molar-refractivity contribution in [2.45, 2.75) is 26.2 Å². The molecule has 3 heterocycles. The van der Waals surface area contributed by atoms with Crippen molar-refractivity contribution in [1.29, 1.82) is 0 Å². The normalized spacial score (nSPS) is 14.9. The molecule has 0 aliphatic carbocycles. The summed E-state index contributed by atoms with van der Waals surface area (Å²) in [5, 5.41) is 4.82. The van der Waals surface area contributed by atoms with E-state index in [-0.39, 0.29) is 0 Å². The second-order valence-corrected chi connectivity index (χ2v) is 5.82. The third-order valence-electron chi connectivity index (χ3n) is 4.32. The summed E-state index contributed by atoms with van der Waals surface area (Å²) < 4.78 is 2.01. The number of fused-ring (bicyclic) bond motifs is 1. The van der Waals surface area contributed by atoms with Gasteiger partial charge in [-0.05, 0) is 19.3 Å². The van der Waals surface area contributed by atoms with E-state index in [1.165, 1.54) is 18.7 Å². The van der Waals surface area contributed by atoms with E-state index in [2.05, 4.69) is 36.1 Å². The molecular formula is C18H20N4. The Morgan fingerprint density at radius 3 is 2.55 bits per heavy atom. The van der Waals surface area contributed by atoms with Gasteiger partial charge in [-0.2, -0.15) is 9.61 Å². The van der Waals surface area contributed by atoms with Gasteiger partial charge in [-0.3, -0.25) is 0 Å². The van der Waals surface area contributed by atoms with Crippen molar-refractivity contribution in [2.75, 3.05) is 18.0 Å². The van der Waals surface area contributed by atoms with Crippen LogP contribution >= 0.6 is 0 Å². The van der Waals surface area contributed by atoms with E-state index in [0.29, 0.717) is 0 Å². The van der Waals surface area contributed by atoms with Gasteiger partial charge in [0.25, 0.3) is 0 Å². The largest absolute Gasteiger partial charge is 0.356 e. The average molecular weight is 292 g/mol. The fourth-order valence-corrected chi connectivity index (χ4v) is 3.11. The molecule has 1 aromatic carbocycles. The quantitative estimate of drug-likeness (QED) is 0.740. The lowest BCUT2D eigenvalue weighted by Crippen LogP contribution is -2.21. The summed E-state index contributed by atoms with van der Waals surface area (Å²) >= 11 is 0. The predicted molar refractivity (Wildman–Crippen MR) is 89.2 cm³/mol. The highest BCUT2D eigenvalue weighted by molar-refractivity contribution is 5.66. The summed E-state index contributed by atoms with van der Waals surface area (Å²) in [6.45, 7) is 4.38. The molecule has 0 amide bonds. The minimum absolute atomic E-state index is 0.945. The zero-order valence-corrected chi connectivity index (χ0v) is 12.9. The van der Waals surface area contributed by atoms with Crippen LogP contribution in [0.3, 0.4) is 0 Å². The molecule has 0 spiro atoms. The summed E-state index contributed by atoms with van der Waals surface area (Å²) in [5.41, 5.74) is 4.20. The van der Waals surface area contributed by atoms with Crippen molar-refractivity contribution in [1.82, 2.24) is 14.6 Å². The highest BCUT2D eigenvalue weighted by Crippen LogP contribution is 2.25. The summed E-state index contributed by atoms with van der Waals surface area (Å²) in [7, 11) is 0. The van der Waals surface area contributed by atoms with Gasteiger partial charge in [-0.25, -0.2) is 4.98 Å². The van der Waals surface area contributed by atoms with E-state index in [1.807, 2.05) is 22.7 Å². The van der Waals surface area contributed by atoms with Crippen LogP contribution < -0.4 is 4.90 Å². The van der Waals surface area contributed by atoms with E-state index >= 15 is 0 Å². The van der Waals surface area contributed by atoms with Crippen LogP contribution in [-0.2, 0) is 6.42 Å². The maximum absolute atomic E-state index is 4.82. The van der Waals surface area contributed by atoms with Gasteiger partial charge in [-0.1, -0.05) is 37.3 Å². The van der Waals surface area contributed by atoms with E-state index in [1.54, 1.807) is 0 Å². The molecule has 1 fully saturated rings. The monoisotopic (exact) mass is 292 g/mol. The molecule has 1 saturated heterocycles. The van der Waals surface area contributed by atoms with Crippen LogP contribution in [0.2, 0.25) is 0 Å². The fourth-order valence-electron chi connectivity index (χ4n) is 3.11. The standard InChI is InChI=1S/C18H20N4/c1-2-15-12-18(21-10-6-7-11-21)22-17(19-15)13-16(20-22)14-8-4-3-5-9-14/h3-5,8-9,12-13H,2,6-7,10-11H2,1H3. The molecule has 1 aliphatic heterocycles. The maximum Gasteiger partial charge on any atom is 0.158 e. The van der Waals surface area contributed by atoms with Crippen LogP contribution in [0, 0.1) is 0 Å². The molecule has 2 aromatic heterocycles. The Labute approximate surface area is 130 Å². The zero-order chi connectivity index (χ0) is 14.9. The van der Waals surface area contributed by atoms with Gasteiger partial charge >= 0.3 is 0 Å². The molecule has 0 unspecified atom stereocenters. The van der Waals surface area contributed by atoms with Gasteiger partial charge in [0.2, 0.25) is 0 Å². The number of benzene rings is 1. The number of hydrogen-bond donors (Lipinski definition) is 0. The number of anilines is 1. The second kappa shape index (κ2) is 5.44. The number of aryl methyl sites for hydroxylation is 1. The Bertz CT molecular complexity index is 785.